The Labute approximate surface area is 119 Å². The summed E-state index contributed by atoms with van der Waals surface area (Å²) in [5.41, 5.74) is 3.60. The Morgan fingerprint density at radius 1 is 1.25 bits per heavy atom. The molecular formula is C16H20N2O2. The van der Waals surface area contributed by atoms with Crippen LogP contribution in [0, 0.1) is 13.8 Å². The summed E-state index contributed by atoms with van der Waals surface area (Å²) >= 11 is 0. The Hall–Kier alpha value is -1.97. The fourth-order valence-corrected chi connectivity index (χ4v) is 2.47. The fourth-order valence-electron chi connectivity index (χ4n) is 2.47. The molecule has 1 unspecified atom stereocenters. The van der Waals surface area contributed by atoms with E-state index < -0.39 is 0 Å². The third-order valence-electron chi connectivity index (χ3n) is 3.32. The quantitative estimate of drug-likeness (QED) is 0.837. The lowest BCUT2D eigenvalue weighted by Crippen LogP contribution is -2.08. The third kappa shape index (κ3) is 3.32. The van der Waals surface area contributed by atoms with Crippen LogP contribution < -0.4 is 0 Å². The maximum Gasteiger partial charge on any atom is 0.237 e. The number of aromatic nitrogens is 2. The maximum absolute atomic E-state index is 11.5. The zero-order valence-corrected chi connectivity index (χ0v) is 12.4. The van der Waals surface area contributed by atoms with E-state index in [1.807, 2.05) is 6.92 Å². The number of Topliss-reactive ketones (excluding diaryl/α,β-unsaturated/α-hetero) is 1. The van der Waals surface area contributed by atoms with Crippen molar-refractivity contribution in [3.05, 3.63) is 46.6 Å². The Bertz CT molecular complexity index is 596. The summed E-state index contributed by atoms with van der Waals surface area (Å²) in [5, 5.41) is 3.98. The smallest absolute Gasteiger partial charge is 0.237 e. The first kappa shape index (κ1) is 14.4. The Morgan fingerprint density at radius 2 is 1.90 bits per heavy atom. The van der Waals surface area contributed by atoms with Crippen LogP contribution in [0.5, 0.6) is 0 Å². The van der Waals surface area contributed by atoms with Gasteiger partial charge in [-0.15, -0.1) is 0 Å². The van der Waals surface area contributed by atoms with Crippen molar-refractivity contribution in [2.45, 2.75) is 46.5 Å². The minimum absolute atomic E-state index is 0.0640. The van der Waals surface area contributed by atoms with Gasteiger partial charge in [-0.25, -0.2) is 0 Å². The van der Waals surface area contributed by atoms with Crippen LogP contribution in [0.2, 0.25) is 0 Å². The van der Waals surface area contributed by atoms with E-state index in [1.165, 1.54) is 11.1 Å². The van der Waals surface area contributed by atoms with E-state index in [-0.39, 0.29) is 11.7 Å². The number of carbonyl (C=O) groups excluding carboxylic acids is 1. The van der Waals surface area contributed by atoms with Gasteiger partial charge in [0.25, 0.3) is 0 Å². The molecule has 1 aromatic carbocycles. The maximum atomic E-state index is 11.5. The topological polar surface area (TPSA) is 56.0 Å². The lowest BCUT2D eigenvalue weighted by atomic mass is 10.0. The molecule has 2 aromatic rings. The molecule has 0 radical (unpaired) electrons. The van der Waals surface area contributed by atoms with Crippen LogP contribution in [-0.4, -0.2) is 15.9 Å². The van der Waals surface area contributed by atoms with Crippen molar-refractivity contribution in [3.63, 3.8) is 0 Å². The molecule has 0 saturated heterocycles. The van der Waals surface area contributed by atoms with Crippen molar-refractivity contribution in [2.75, 3.05) is 0 Å². The van der Waals surface area contributed by atoms with E-state index in [0.29, 0.717) is 24.6 Å². The van der Waals surface area contributed by atoms with Crippen LogP contribution in [0.1, 0.15) is 54.6 Å². The average Bonchev–Trinajstić information content (AvgIpc) is 2.76. The summed E-state index contributed by atoms with van der Waals surface area (Å²) in [6.45, 7) is 7.64. The summed E-state index contributed by atoms with van der Waals surface area (Å²) in [7, 11) is 0. The molecule has 0 spiro atoms. The third-order valence-corrected chi connectivity index (χ3v) is 3.32. The van der Waals surface area contributed by atoms with Crippen LogP contribution in [0.3, 0.4) is 0 Å². The molecule has 2 rings (SSSR count). The minimum atomic E-state index is -0.282. The van der Waals surface area contributed by atoms with E-state index in [9.17, 15) is 4.79 Å². The number of benzene rings is 1. The molecular weight excluding hydrogens is 252 g/mol. The van der Waals surface area contributed by atoms with Gasteiger partial charge in [-0.1, -0.05) is 41.4 Å². The molecule has 4 nitrogen and oxygen atoms in total. The van der Waals surface area contributed by atoms with Crippen LogP contribution in [-0.2, 0) is 11.2 Å². The summed E-state index contributed by atoms with van der Waals surface area (Å²) in [4.78, 5) is 15.9. The first-order chi connectivity index (χ1) is 9.49. The van der Waals surface area contributed by atoms with Crippen LogP contribution in [0.25, 0.3) is 0 Å². The Balaban J connectivity index is 2.19. The predicted molar refractivity (Wildman–Crippen MR) is 76.7 cm³/mol. The molecule has 20 heavy (non-hydrogen) atoms. The van der Waals surface area contributed by atoms with Gasteiger partial charge in [0.2, 0.25) is 5.89 Å². The summed E-state index contributed by atoms with van der Waals surface area (Å²) in [5.74, 6) is 0.841. The van der Waals surface area contributed by atoms with Gasteiger partial charge < -0.3 is 4.52 Å². The highest BCUT2D eigenvalue weighted by Gasteiger charge is 2.21. The fraction of sp³-hybridized carbons (Fsp3) is 0.438. The zero-order valence-electron chi connectivity index (χ0n) is 12.4. The van der Waals surface area contributed by atoms with Gasteiger partial charge in [0, 0.05) is 6.42 Å². The lowest BCUT2D eigenvalue weighted by Gasteiger charge is -2.03. The van der Waals surface area contributed by atoms with Gasteiger partial charge in [-0.3, -0.25) is 4.79 Å². The van der Waals surface area contributed by atoms with Crippen LogP contribution >= 0.6 is 0 Å². The van der Waals surface area contributed by atoms with Gasteiger partial charge in [0.05, 0.1) is 5.92 Å². The zero-order chi connectivity index (χ0) is 14.7. The van der Waals surface area contributed by atoms with Crippen molar-refractivity contribution in [1.29, 1.82) is 0 Å². The van der Waals surface area contributed by atoms with E-state index in [2.05, 4.69) is 42.2 Å². The highest BCUT2D eigenvalue weighted by Crippen LogP contribution is 2.19. The first-order valence-electron chi connectivity index (χ1n) is 6.89. The molecule has 0 amide bonds. The number of aryl methyl sites for hydroxylation is 2. The number of rotatable bonds is 5. The summed E-state index contributed by atoms with van der Waals surface area (Å²) in [6, 6.07) is 6.37. The van der Waals surface area contributed by atoms with Crippen LogP contribution in [0.4, 0.5) is 0 Å². The molecule has 0 aliphatic carbocycles. The van der Waals surface area contributed by atoms with E-state index >= 15 is 0 Å². The van der Waals surface area contributed by atoms with Gasteiger partial charge in [-0.2, -0.15) is 4.98 Å². The van der Waals surface area contributed by atoms with E-state index in [1.54, 1.807) is 6.92 Å². The van der Waals surface area contributed by atoms with Gasteiger partial charge in [-0.05, 0) is 32.8 Å². The van der Waals surface area contributed by atoms with E-state index in [0.717, 1.165) is 5.56 Å². The molecule has 106 valence electrons. The number of nitrogens with zero attached hydrogens (tertiary/aromatic N) is 2. The molecule has 0 bridgehead atoms. The second kappa shape index (κ2) is 5.99. The Morgan fingerprint density at radius 3 is 2.45 bits per heavy atom. The monoisotopic (exact) mass is 272 g/mol. The molecule has 0 aliphatic rings. The predicted octanol–water partition coefficient (Wildman–Crippen LogP) is 3.36. The largest absolute Gasteiger partial charge is 0.339 e. The van der Waals surface area contributed by atoms with E-state index in [4.69, 9.17) is 4.52 Å². The molecule has 1 aromatic heterocycles. The summed E-state index contributed by atoms with van der Waals surface area (Å²) < 4.78 is 5.23. The molecule has 1 atom stereocenters. The molecule has 0 aliphatic heterocycles. The second-order valence-electron chi connectivity index (χ2n) is 5.29. The standard InChI is InChI=1S/C16H20N2O2/c1-5-14(12(4)19)16-17-15(18-20-16)9-13-7-10(2)6-11(3)8-13/h6-8,14H,5,9H2,1-4H3. The SMILES string of the molecule is CCC(C(C)=O)c1nc(Cc2cc(C)cc(C)c2)no1. The van der Waals surface area contributed by atoms with Crippen molar-refractivity contribution in [1.82, 2.24) is 10.1 Å². The number of hydrogen-bond donors (Lipinski definition) is 0. The molecule has 4 heteroatoms. The average molecular weight is 272 g/mol. The van der Waals surface area contributed by atoms with Crippen molar-refractivity contribution in [2.24, 2.45) is 0 Å². The molecule has 1 heterocycles. The first-order valence-corrected chi connectivity index (χ1v) is 6.89. The Kier molecular flexibility index (Phi) is 4.32. The number of hydrogen-bond acceptors (Lipinski definition) is 4. The molecule has 0 saturated carbocycles. The number of ketones is 1. The van der Waals surface area contributed by atoms with Gasteiger partial charge in [0.1, 0.15) is 5.78 Å². The van der Waals surface area contributed by atoms with Crippen LogP contribution in [0.15, 0.2) is 22.7 Å². The normalized spacial score (nSPS) is 12.4. The van der Waals surface area contributed by atoms with Crippen molar-refractivity contribution < 1.29 is 9.32 Å². The van der Waals surface area contributed by atoms with Gasteiger partial charge in [0.15, 0.2) is 5.82 Å². The molecule has 0 fully saturated rings. The number of carbonyl (C=O) groups is 1. The summed E-state index contributed by atoms with van der Waals surface area (Å²) in [6.07, 6.45) is 1.31. The minimum Gasteiger partial charge on any atom is -0.339 e. The molecule has 0 N–H and O–H groups in total. The van der Waals surface area contributed by atoms with Crippen molar-refractivity contribution >= 4 is 5.78 Å². The van der Waals surface area contributed by atoms with Gasteiger partial charge >= 0.3 is 0 Å². The highest BCUT2D eigenvalue weighted by molar-refractivity contribution is 5.82. The van der Waals surface area contributed by atoms with Crippen molar-refractivity contribution in [3.8, 4) is 0 Å². The highest BCUT2D eigenvalue weighted by atomic mass is 16.5. The lowest BCUT2D eigenvalue weighted by molar-refractivity contribution is -0.119. The second-order valence-corrected chi connectivity index (χ2v) is 5.29.